The maximum Gasteiger partial charge on any atom is 0.256 e. The average Bonchev–Trinajstić information content (AvgIpc) is 2.61. The number of primary amides is 1. The molecule has 16 heavy (non-hydrogen) atoms. The van der Waals surface area contributed by atoms with Crippen molar-refractivity contribution in [3.05, 3.63) is 35.9 Å². The predicted molar refractivity (Wildman–Crippen MR) is 61.2 cm³/mol. The minimum absolute atomic E-state index is 0.158. The maximum atomic E-state index is 11.1. The average molecular weight is 217 g/mol. The summed E-state index contributed by atoms with van der Waals surface area (Å²) < 4.78 is 0. The highest BCUT2D eigenvalue weighted by atomic mass is 16.1. The number of nitrogens with zero attached hydrogens (tertiary/aromatic N) is 1. The molecule has 0 spiro atoms. The van der Waals surface area contributed by atoms with Gasteiger partial charge in [0.25, 0.3) is 5.91 Å². The van der Waals surface area contributed by atoms with E-state index in [1.165, 1.54) is 0 Å². The number of aromatic nitrogens is 2. The first-order valence-electron chi connectivity index (χ1n) is 4.64. The highest BCUT2D eigenvalue weighted by molar-refractivity contribution is 6.02. The lowest BCUT2D eigenvalue weighted by Crippen LogP contribution is -2.14. The lowest BCUT2D eigenvalue weighted by molar-refractivity contribution is 0.100. The molecule has 0 radical (unpaired) electrons. The molecule has 0 aliphatic carbocycles. The summed E-state index contributed by atoms with van der Waals surface area (Å²) in [7, 11) is 0. The van der Waals surface area contributed by atoms with Gasteiger partial charge in [-0.05, 0) is 12.1 Å². The van der Waals surface area contributed by atoms with E-state index in [4.69, 9.17) is 11.5 Å². The maximum absolute atomic E-state index is 11.1. The van der Waals surface area contributed by atoms with Crippen molar-refractivity contribution in [1.29, 1.82) is 0 Å². The van der Waals surface area contributed by atoms with E-state index in [2.05, 4.69) is 15.5 Å². The fraction of sp³-hybridized carbons (Fsp3) is 0. The molecule has 0 aliphatic heterocycles. The number of benzene rings is 1. The van der Waals surface area contributed by atoms with Crippen molar-refractivity contribution in [3.8, 4) is 0 Å². The molecule has 1 aromatic heterocycles. The van der Waals surface area contributed by atoms with Crippen molar-refractivity contribution in [2.75, 3.05) is 11.1 Å². The molecule has 2 aromatic rings. The van der Waals surface area contributed by atoms with Crippen molar-refractivity contribution in [2.45, 2.75) is 0 Å². The summed E-state index contributed by atoms with van der Waals surface area (Å²) >= 11 is 0. The minimum atomic E-state index is -0.621. The van der Waals surface area contributed by atoms with E-state index in [1.54, 1.807) is 0 Å². The van der Waals surface area contributed by atoms with Gasteiger partial charge in [0.05, 0.1) is 0 Å². The summed E-state index contributed by atoms with van der Waals surface area (Å²) in [6.45, 7) is 0. The second kappa shape index (κ2) is 3.93. The molecular weight excluding hydrogens is 206 g/mol. The molecule has 6 heteroatoms. The van der Waals surface area contributed by atoms with E-state index < -0.39 is 5.91 Å². The zero-order valence-corrected chi connectivity index (χ0v) is 8.40. The molecule has 6 nitrogen and oxygen atoms in total. The van der Waals surface area contributed by atoms with Crippen molar-refractivity contribution in [3.63, 3.8) is 0 Å². The molecule has 0 atom stereocenters. The van der Waals surface area contributed by atoms with Crippen molar-refractivity contribution in [1.82, 2.24) is 10.2 Å². The number of carbonyl (C=O) groups is 1. The lowest BCUT2D eigenvalue weighted by Gasteiger charge is -2.03. The molecule has 1 amide bonds. The summed E-state index contributed by atoms with van der Waals surface area (Å²) in [6.07, 6.45) is 0. The number of carbonyl (C=O) groups excluding carboxylic acids is 1. The van der Waals surface area contributed by atoms with Crippen LogP contribution in [-0.4, -0.2) is 16.1 Å². The van der Waals surface area contributed by atoms with Crippen molar-refractivity contribution < 1.29 is 4.79 Å². The van der Waals surface area contributed by atoms with Crippen LogP contribution in [-0.2, 0) is 0 Å². The van der Waals surface area contributed by atoms with Gasteiger partial charge in [-0.1, -0.05) is 18.2 Å². The van der Waals surface area contributed by atoms with Gasteiger partial charge in [-0.3, -0.25) is 9.89 Å². The summed E-state index contributed by atoms with van der Waals surface area (Å²) in [4.78, 5) is 11.1. The van der Waals surface area contributed by atoms with Crippen LogP contribution in [0.2, 0.25) is 0 Å². The van der Waals surface area contributed by atoms with Crippen molar-refractivity contribution in [2.24, 2.45) is 5.73 Å². The van der Waals surface area contributed by atoms with Gasteiger partial charge in [-0.15, -0.1) is 0 Å². The zero-order valence-electron chi connectivity index (χ0n) is 8.40. The van der Waals surface area contributed by atoms with Crippen LogP contribution in [0, 0.1) is 0 Å². The molecule has 6 N–H and O–H groups in total. The van der Waals surface area contributed by atoms with Crippen LogP contribution in [0.3, 0.4) is 0 Å². The molecule has 1 heterocycles. The summed E-state index contributed by atoms with van der Waals surface area (Å²) in [5.74, 6) is -0.133. The van der Waals surface area contributed by atoms with Crippen LogP contribution in [0.1, 0.15) is 10.4 Å². The highest BCUT2D eigenvalue weighted by Gasteiger charge is 2.15. The number of nitrogens with one attached hydrogen (secondary N) is 2. The Balaban J connectivity index is 2.32. The molecule has 1 aromatic carbocycles. The second-order valence-corrected chi connectivity index (χ2v) is 3.22. The van der Waals surface area contributed by atoms with Gasteiger partial charge in [-0.25, -0.2) is 0 Å². The van der Waals surface area contributed by atoms with Crippen LogP contribution < -0.4 is 16.8 Å². The van der Waals surface area contributed by atoms with Crippen LogP contribution >= 0.6 is 0 Å². The minimum Gasteiger partial charge on any atom is -0.383 e. The molecule has 0 unspecified atom stereocenters. The van der Waals surface area contributed by atoms with Crippen LogP contribution in [0.5, 0.6) is 0 Å². The van der Waals surface area contributed by atoms with Gasteiger partial charge in [-0.2, -0.15) is 5.10 Å². The highest BCUT2D eigenvalue weighted by Crippen LogP contribution is 2.21. The van der Waals surface area contributed by atoms with Crippen LogP contribution in [0.15, 0.2) is 30.3 Å². The molecule has 82 valence electrons. The molecular formula is C10H11N5O. The first kappa shape index (κ1) is 10.0. The number of rotatable bonds is 3. The molecule has 0 saturated heterocycles. The van der Waals surface area contributed by atoms with E-state index in [9.17, 15) is 4.79 Å². The quantitative estimate of drug-likeness (QED) is 0.610. The Hall–Kier alpha value is -2.50. The Labute approximate surface area is 91.6 Å². The topological polar surface area (TPSA) is 110 Å². The molecule has 0 fully saturated rings. The van der Waals surface area contributed by atoms with E-state index in [0.29, 0.717) is 5.82 Å². The number of nitrogen functional groups attached to an aromatic ring is 1. The van der Waals surface area contributed by atoms with Crippen molar-refractivity contribution >= 4 is 23.2 Å². The fourth-order valence-corrected chi connectivity index (χ4v) is 1.35. The number of aromatic amines is 1. The monoisotopic (exact) mass is 217 g/mol. The summed E-state index contributed by atoms with van der Waals surface area (Å²) in [6, 6.07) is 9.30. The fourth-order valence-electron chi connectivity index (χ4n) is 1.35. The Morgan fingerprint density at radius 1 is 1.31 bits per heavy atom. The molecule has 0 bridgehead atoms. The van der Waals surface area contributed by atoms with Gasteiger partial charge < -0.3 is 16.8 Å². The number of anilines is 3. The Morgan fingerprint density at radius 2 is 2.00 bits per heavy atom. The number of para-hydroxylation sites is 1. The summed E-state index contributed by atoms with van der Waals surface area (Å²) in [5, 5.41) is 9.33. The molecule has 0 aliphatic rings. The summed E-state index contributed by atoms with van der Waals surface area (Å²) in [5.41, 5.74) is 11.7. The Morgan fingerprint density at radius 3 is 2.62 bits per heavy atom. The first-order chi connectivity index (χ1) is 7.68. The van der Waals surface area contributed by atoms with E-state index in [0.717, 1.165) is 5.69 Å². The van der Waals surface area contributed by atoms with Gasteiger partial charge in [0, 0.05) is 5.69 Å². The largest absolute Gasteiger partial charge is 0.383 e. The second-order valence-electron chi connectivity index (χ2n) is 3.22. The number of H-pyrrole nitrogens is 1. The van der Waals surface area contributed by atoms with E-state index in [1.807, 2.05) is 30.3 Å². The zero-order chi connectivity index (χ0) is 11.5. The third kappa shape index (κ3) is 1.81. The number of hydrogen-bond donors (Lipinski definition) is 4. The normalized spacial score (nSPS) is 10.0. The smallest absolute Gasteiger partial charge is 0.256 e. The lowest BCUT2D eigenvalue weighted by atomic mass is 10.2. The third-order valence-electron chi connectivity index (χ3n) is 2.08. The number of nitrogens with two attached hydrogens (primary N) is 2. The molecule has 0 saturated carbocycles. The predicted octanol–water partition coefficient (Wildman–Crippen LogP) is 0.834. The number of amides is 1. The third-order valence-corrected chi connectivity index (χ3v) is 2.08. The standard InChI is InChI=1S/C10H11N5O/c11-8-7(9(12)16)10(15-14-8)13-6-4-2-1-3-5-6/h1-5H,(H2,12,16)(H4,11,13,14,15). The van der Waals surface area contributed by atoms with E-state index >= 15 is 0 Å². The first-order valence-corrected chi connectivity index (χ1v) is 4.64. The van der Waals surface area contributed by atoms with Gasteiger partial charge >= 0.3 is 0 Å². The molecule has 2 rings (SSSR count). The number of hydrogen-bond acceptors (Lipinski definition) is 4. The Bertz CT molecular complexity index is 505. The van der Waals surface area contributed by atoms with Gasteiger partial charge in [0.15, 0.2) is 5.82 Å². The van der Waals surface area contributed by atoms with E-state index in [-0.39, 0.29) is 11.4 Å². The Kier molecular flexibility index (Phi) is 2.47. The SMILES string of the molecule is NC(=O)c1c(Nc2ccccc2)n[nH]c1N. The van der Waals surface area contributed by atoms with Gasteiger partial charge in [0.2, 0.25) is 0 Å². The van der Waals surface area contributed by atoms with Crippen LogP contribution in [0.25, 0.3) is 0 Å². The van der Waals surface area contributed by atoms with Gasteiger partial charge in [0.1, 0.15) is 11.4 Å². The van der Waals surface area contributed by atoms with Crippen LogP contribution in [0.4, 0.5) is 17.3 Å².